The molecule has 1 unspecified atom stereocenters. The number of hydrogen-bond donors (Lipinski definition) is 1. The summed E-state index contributed by atoms with van der Waals surface area (Å²) >= 11 is 0. The zero-order chi connectivity index (χ0) is 17.1. The SMILES string of the molecule is CC(C)(C)OC(=O)N1CCC(CNC(=O)C(F)(F)F)C(=O)C1. The first-order valence-corrected chi connectivity index (χ1v) is 6.76. The van der Waals surface area contributed by atoms with Crippen LogP contribution in [0, 0.1) is 5.92 Å². The van der Waals surface area contributed by atoms with Gasteiger partial charge >= 0.3 is 18.2 Å². The van der Waals surface area contributed by atoms with Crippen LogP contribution in [0.1, 0.15) is 27.2 Å². The molecule has 1 aliphatic heterocycles. The largest absolute Gasteiger partial charge is 0.471 e. The summed E-state index contributed by atoms with van der Waals surface area (Å²) in [5.41, 5.74) is -0.697. The van der Waals surface area contributed by atoms with Crippen LogP contribution in [0.3, 0.4) is 0 Å². The minimum absolute atomic E-state index is 0.177. The van der Waals surface area contributed by atoms with Gasteiger partial charge in [-0.3, -0.25) is 9.59 Å². The molecule has 22 heavy (non-hydrogen) atoms. The van der Waals surface area contributed by atoms with Gasteiger partial charge in [-0.25, -0.2) is 4.79 Å². The van der Waals surface area contributed by atoms with Gasteiger partial charge in [0.15, 0.2) is 5.78 Å². The highest BCUT2D eigenvalue weighted by atomic mass is 19.4. The van der Waals surface area contributed by atoms with E-state index in [1.54, 1.807) is 26.1 Å². The average molecular weight is 324 g/mol. The molecule has 0 bridgehead atoms. The van der Waals surface area contributed by atoms with E-state index in [-0.39, 0.29) is 26.1 Å². The fourth-order valence-electron chi connectivity index (χ4n) is 1.88. The van der Waals surface area contributed by atoms with E-state index < -0.39 is 35.5 Å². The summed E-state index contributed by atoms with van der Waals surface area (Å²) in [7, 11) is 0. The van der Waals surface area contributed by atoms with Crippen molar-refractivity contribution in [2.24, 2.45) is 5.92 Å². The molecule has 9 heteroatoms. The smallest absolute Gasteiger partial charge is 0.444 e. The van der Waals surface area contributed by atoms with Crippen molar-refractivity contribution in [1.29, 1.82) is 0 Å². The van der Waals surface area contributed by atoms with Crippen LogP contribution in [-0.4, -0.2) is 54.1 Å². The summed E-state index contributed by atoms with van der Waals surface area (Å²) in [6, 6.07) is 0. The second-order valence-electron chi connectivity index (χ2n) is 6.06. The van der Waals surface area contributed by atoms with Gasteiger partial charge in [-0.1, -0.05) is 0 Å². The number of alkyl halides is 3. The number of ketones is 1. The number of likely N-dealkylation sites (tertiary alicyclic amines) is 1. The fourth-order valence-corrected chi connectivity index (χ4v) is 1.88. The van der Waals surface area contributed by atoms with Crippen molar-refractivity contribution in [3.63, 3.8) is 0 Å². The lowest BCUT2D eigenvalue weighted by atomic mass is 9.95. The first-order valence-electron chi connectivity index (χ1n) is 6.76. The normalized spacial score (nSPS) is 19.8. The maximum absolute atomic E-state index is 12.1. The van der Waals surface area contributed by atoms with Crippen LogP contribution < -0.4 is 5.32 Å². The predicted octanol–water partition coefficient (Wildman–Crippen LogP) is 1.49. The molecule has 0 spiro atoms. The van der Waals surface area contributed by atoms with E-state index in [2.05, 4.69) is 0 Å². The van der Waals surface area contributed by atoms with Crippen molar-refractivity contribution in [2.75, 3.05) is 19.6 Å². The number of carbonyl (C=O) groups is 3. The number of hydrogen-bond acceptors (Lipinski definition) is 4. The molecule has 1 aliphatic rings. The summed E-state index contributed by atoms with van der Waals surface area (Å²) in [6.45, 7) is 4.62. The highest BCUT2D eigenvalue weighted by Crippen LogP contribution is 2.18. The van der Waals surface area contributed by atoms with Crippen molar-refractivity contribution >= 4 is 17.8 Å². The predicted molar refractivity (Wildman–Crippen MR) is 70.0 cm³/mol. The van der Waals surface area contributed by atoms with Crippen LogP contribution in [0.25, 0.3) is 0 Å². The lowest BCUT2D eigenvalue weighted by Crippen LogP contribution is -2.49. The van der Waals surface area contributed by atoms with Gasteiger partial charge in [0, 0.05) is 19.0 Å². The van der Waals surface area contributed by atoms with E-state index in [1.165, 1.54) is 4.90 Å². The molecule has 1 atom stereocenters. The molecule has 0 aromatic rings. The van der Waals surface area contributed by atoms with Gasteiger partial charge < -0.3 is 15.0 Å². The number of piperidine rings is 1. The second-order valence-corrected chi connectivity index (χ2v) is 6.06. The molecule has 0 aliphatic carbocycles. The number of halogens is 3. The molecule has 0 saturated carbocycles. The van der Waals surface area contributed by atoms with E-state index in [1.807, 2.05) is 0 Å². The standard InChI is InChI=1S/C13H19F3N2O4/c1-12(2,3)22-11(21)18-5-4-8(9(19)7-18)6-17-10(20)13(14,15)16/h8H,4-7H2,1-3H3,(H,17,20). The summed E-state index contributed by atoms with van der Waals surface area (Å²) in [5, 5.41) is 1.69. The second kappa shape index (κ2) is 6.53. The number of ether oxygens (including phenoxy) is 1. The third-order valence-corrected chi connectivity index (χ3v) is 2.97. The molecule has 0 radical (unpaired) electrons. The number of nitrogens with zero attached hydrogens (tertiary/aromatic N) is 1. The van der Waals surface area contributed by atoms with Crippen molar-refractivity contribution < 1.29 is 32.3 Å². The van der Waals surface area contributed by atoms with Crippen LogP contribution in [0.4, 0.5) is 18.0 Å². The molecule has 1 rings (SSSR count). The van der Waals surface area contributed by atoms with Gasteiger partial charge in [-0.2, -0.15) is 13.2 Å². The number of carbonyl (C=O) groups excluding carboxylic acids is 3. The minimum Gasteiger partial charge on any atom is -0.444 e. The van der Waals surface area contributed by atoms with Gasteiger partial charge in [0.05, 0.1) is 6.54 Å². The van der Waals surface area contributed by atoms with E-state index in [0.717, 1.165) is 0 Å². The Morgan fingerprint density at radius 3 is 2.36 bits per heavy atom. The molecule has 2 amide bonds. The van der Waals surface area contributed by atoms with Gasteiger partial charge in [0.2, 0.25) is 0 Å². The van der Waals surface area contributed by atoms with E-state index in [9.17, 15) is 27.6 Å². The van der Waals surface area contributed by atoms with Crippen molar-refractivity contribution in [3.8, 4) is 0 Å². The lowest BCUT2D eigenvalue weighted by Gasteiger charge is -2.32. The Balaban J connectivity index is 2.48. The first-order chi connectivity index (χ1) is 9.90. The summed E-state index contributed by atoms with van der Waals surface area (Å²) in [6.07, 6.45) is -5.44. The van der Waals surface area contributed by atoms with Crippen molar-refractivity contribution in [3.05, 3.63) is 0 Å². The zero-order valence-corrected chi connectivity index (χ0v) is 12.6. The maximum atomic E-state index is 12.1. The minimum atomic E-state index is -4.97. The third-order valence-electron chi connectivity index (χ3n) is 2.97. The Morgan fingerprint density at radius 2 is 1.91 bits per heavy atom. The quantitative estimate of drug-likeness (QED) is 0.835. The van der Waals surface area contributed by atoms with Crippen LogP contribution in [-0.2, 0) is 14.3 Å². The molecule has 0 aromatic heterocycles. The van der Waals surface area contributed by atoms with Crippen LogP contribution >= 0.6 is 0 Å². The monoisotopic (exact) mass is 324 g/mol. The molecule has 0 aromatic carbocycles. The Labute approximate surface area is 126 Å². The maximum Gasteiger partial charge on any atom is 0.471 e. The molecule has 6 nitrogen and oxygen atoms in total. The average Bonchev–Trinajstić information content (AvgIpc) is 2.33. The van der Waals surface area contributed by atoms with Crippen LogP contribution in [0.2, 0.25) is 0 Å². The molecule has 1 N–H and O–H groups in total. The van der Waals surface area contributed by atoms with Gasteiger partial charge in [0.25, 0.3) is 0 Å². The van der Waals surface area contributed by atoms with Gasteiger partial charge in [0.1, 0.15) is 5.60 Å². The summed E-state index contributed by atoms with van der Waals surface area (Å²) < 4.78 is 41.3. The molecule has 126 valence electrons. The third kappa shape index (κ3) is 5.53. The lowest BCUT2D eigenvalue weighted by molar-refractivity contribution is -0.173. The van der Waals surface area contributed by atoms with Crippen molar-refractivity contribution in [2.45, 2.75) is 39.0 Å². The fraction of sp³-hybridized carbons (Fsp3) is 0.769. The summed E-state index contributed by atoms with van der Waals surface area (Å²) in [5.74, 6) is -3.21. The highest BCUT2D eigenvalue weighted by Gasteiger charge is 2.39. The van der Waals surface area contributed by atoms with Crippen LogP contribution in [0.15, 0.2) is 0 Å². The first kappa shape index (κ1) is 18.2. The highest BCUT2D eigenvalue weighted by molar-refractivity contribution is 5.88. The van der Waals surface area contributed by atoms with Crippen LogP contribution in [0.5, 0.6) is 0 Å². The number of Topliss-reactive ketones (excluding diaryl/α,β-unsaturated/α-hetero) is 1. The Kier molecular flexibility index (Phi) is 5.42. The van der Waals surface area contributed by atoms with Gasteiger partial charge in [-0.05, 0) is 27.2 Å². The molecule has 1 fully saturated rings. The topological polar surface area (TPSA) is 75.7 Å². The van der Waals surface area contributed by atoms with E-state index in [4.69, 9.17) is 4.74 Å². The number of nitrogens with one attached hydrogen (secondary N) is 1. The van der Waals surface area contributed by atoms with E-state index >= 15 is 0 Å². The number of rotatable bonds is 2. The molecular weight excluding hydrogens is 305 g/mol. The molecular formula is C13H19F3N2O4. The molecule has 1 heterocycles. The zero-order valence-electron chi connectivity index (χ0n) is 12.6. The molecule has 1 saturated heterocycles. The Bertz CT molecular complexity index is 457. The Morgan fingerprint density at radius 1 is 1.32 bits per heavy atom. The van der Waals surface area contributed by atoms with Gasteiger partial charge in [-0.15, -0.1) is 0 Å². The summed E-state index contributed by atoms with van der Waals surface area (Å²) in [4.78, 5) is 35.6. The Hall–Kier alpha value is -1.80. The van der Waals surface area contributed by atoms with Crippen molar-refractivity contribution in [1.82, 2.24) is 10.2 Å². The van der Waals surface area contributed by atoms with E-state index in [0.29, 0.717) is 0 Å². The number of amides is 2.